The van der Waals surface area contributed by atoms with E-state index in [0.29, 0.717) is 32.3 Å². The van der Waals surface area contributed by atoms with Gasteiger partial charge in [0.1, 0.15) is 0 Å². The molecule has 0 saturated heterocycles. The lowest BCUT2D eigenvalue weighted by Crippen LogP contribution is -2.15. The Morgan fingerprint density at radius 1 is 1.18 bits per heavy atom. The van der Waals surface area contributed by atoms with Gasteiger partial charge in [0.2, 0.25) is 0 Å². The molecule has 1 aromatic carbocycles. The first kappa shape index (κ1) is 14.5. The van der Waals surface area contributed by atoms with Gasteiger partial charge in [0.25, 0.3) is 0 Å². The molecular formula is C13H20ClNO2. The molecule has 17 heavy (non-hydrogen) atoms. The van der Waals surface area contributed by atoms with Gasteiger partial charge >= 0.3 is 0 Å². The van der Waals surface area contributed by atoms with Crippen LogP contribution in [0.25, 0.3) is 0 Å². The molecular weight excluding hydrogens is 238 g/mol. The second-order valence-electron chi connectivity index (χ2n) is 3.88. The van der Waals surface area contributed by atoms with Crippen molar-refractivity contribution in [3.63, 3.8) is 0 Å². The molecule has 3 nitrogen and oxygen atoms in total. The maximum atomic E-state index is 5.85. The molecule has 1 atom stereocenters. The summed E-state index contributed by atoms with van der Waals surface area (Å²) in [5.41, 5.74) is 6.99. The molecule has 0 aliphatic heterocycles. The van der Waals surface area contributed by atoms with Crippen LogP contribution in [-0.2, 0) is 9.47 Å². The van der Waals surface area contributed by atoms with Crippen LogP contribution in [-0.4, -0.2) is 33.5 Å². The molecule has 1 unspecified atom stereocenters. The van der Waals surface area contributed by atoms with Gasteiger partial charge in [-0.3, -0.25) is 0 Å². The van der Waals surface area contributed by atoms with Gasteiger partial charge in [-0.1, -0.05) is 23.7 Å². The molecule has 4 heteroatoms. The summed E-state index contributed by atoms with van der Waals surface area (Å²) in [6.45, 7) is 2.59. The Morgan fingerprint density at radius 3 is 2.47 bits per heavy atom. The zero-order valence-electron chi connectivity index (χ0n) is 10.2. The second kappa shape index (κ2) is 8.48. The quantitative estimate of drug-likeness (QED) is 0.728. The van der Waals surface area contributed by atoms with E-state index in [1.54, 1.807) is 7.11 Å². The van der Waals surface area contributed by atoms with Crippen LogP contribution in [0, 0.1) is 0 Å². The van der Waals surface area contributed by atoms with Crippen molar-refractivity contribution >= 4 is 11.6 Å². The highest BCUT2D eigenvalue weighted by atomic mass is 35.5. The molecule has 0 aromatic heterocycles. The lowest BCUT2D eigenvalue weighted by atomic mass is 9.96. The fourth-order valence-corrected chi connectivity index (χ4v) is 1.75. The number of halogens is 1. The average molecular weight is 258 g/mol. The average Bonchev–Trinajstić information content (AvgIpc) is 2.35. The van der Waals surface area contributed by atoms with Crippen molar-refractivity contribution < 1.29 is 9.47 Å². The van der Waals surface area contributed by atoms with Gasteiger partial charge < -0.3 is 15.2 Å². The van der Waals surface area contributed by atoms with E-state index >= 15 is 0 Å². The van der Waals surface area contributed by atoms with E-state index in [1.165, 1.54) is 5.56 Å². The molecule has 1 rings (SSSR count). The van der Waals surface area contributed by atoms with Crippen LogP contribution in [0.3, 0.4) is 0 Å². The molecule has 0 bridgehead atoms. The Kier molecular flexibility index (Phi) is 7.21. The first-order chi connectivity index (χ1) is 8.27. The fraction of sp³-hybridized carbons (Fsp3) is 0.538. The highest BCUT2D eigenvalue weighted by Gasteiger charge is 2.09. The lowest BCUT2D eigenvalue weighted by molar-refractivity contribution is 0.0672. The minimum Gasteiger partial charge on any atom is -0.382 e. The van der Waals surface area contributed by atoms with E-state index in [1.807, 2.05) is 24.3 Å². The Labute approximate surface area is 108 Å². The van der Waals surface area contributed by atoms with Crippen molar-refractivity contribution in [3.05, 3.63) is 34.9 Å². The van der Waals surface area contributed by atoms with Crippen LogP contribution < -0.4 is 5.73 Å². The molecule has 2 N–H and O–H groups in total. The van der Waals surface area contributed by atoms with Crippen LogP contribution in [0.4, 0.5) is 0 Å². The zero-order valence-corrected chi connectivity index (χ0v) is 11.0. The Hall–Kier alpha value is -0.610. The molecule has 0 spiro atoms. The van der Waals surface area contributed by atoms with Crippen LogP contribution in [0.5, 0.6) is 0 Å². The highest BCUT2D eigenvalue weighted by Crippen LogP contribution is 2.20. The highest BCUT2D eigenvalue weighted by molar-refractivity contribution is 6.30. The van der Waals surface area contributed by atoms with Crippen molar-refractivity contribution in [3.8, 4) is 0 Å². The van der Waals surface area contributed by atoms with Crippen LogP contribution in [0.1, 0.15) is 17.9 Å². The number of rotatable bonds is 8. The van der Waals surface area contributed by atoms with Gasteiger partial charge in [0.15, 0.2) is 0 Å². The van der Waals surface area contributed by atoms with E-state index in [0.717, 1.165) is 11.4 Å². The summed E-state index contributed by atoms with van der Waals surface area (Å²) in [5.74, 6) is 0.329. The van der Waals surface area contributed by atoms with Gasteiger partial charge in [-0.2, -0.15) is 0 Å². The summed E-state index contributed by atoms with van der Waals surface area (Å²) < 4.78 is 10.4. The third-order valence-electron chi connectivity index (χ3n) is 2.67. The van der Waals surface area contributed by atoms with E-state index in [9.17, 15) is 0 Å². The van der Waals surface area contributed by atoms with E-state index in [4.69, 9.17) is 26.8 Å². The summed E-state index contributed by atoms with van der Waals surface area (Å²) in [6, 6.07) is 7.83. The van der Waals surface area contributed by atoms with Crippen LogP contribution in [0.2, 0.25) is 5.02 Å². The summed E-state index contributed by atoms with van der Waals surface area (Å²) in [7, 11) is 1.67. The molecule has 0 aliphatic carbocycles. The predicted octanol–water partition coefficient (Wildman–Crippen LogP) is 2.44. The Morgan fingerprint density at radius 2 is 1.88 bits per heavy atom. The number of hydrogen-bond acceptors (Lipinski definition) is 3. The summed E-state index contributed by atoms with van der Waals surface area (Å²) in [5, 5.41) is 0.751. The second-order valence-corrected chi connectivity index (χ2v) is 4.31. The molecule has 0 radical (unpaired) electrons. The fourth-order valence-electron chi connectivity index (χ4n) is 1.63. The third-order valence-corrected chi connectivity index (χ3v) is 2.92. The first-order valence-corrected chi connectivity index (χ1v) is 6.18. The minimum absolute atomic E-state index is 0.329. The maximum absolute atomic E-state index is 5.85. The smallest absolute Gasteiger partial charge is 0.0700 e. The van der Waals surface area contributed by atoms with Gasteiger partial charge in [0, 0.05) is 18.7 Å². The van der Waals surface area contributed by atoms with Crippen LogP contribution in [0.15, 0.2) is 24.3 Å². The number of benzene rings is 1. The standard InChI is InChI=1S/C13H20ClNO2/c1-16-8-9-17-7-6-12(10-15)11-2-4-13(14)5-3-11/h2-5,12H,6-10,15H2,1H3. The van der Waals surface area contributed by atoms with Crippen LogP contribution >= 0.6 is 11.6 Å². The lowest BCUT2D eigenvalue weighted by Gasteiger charge is -2.15. The van der Waals surface area contributed by atoms with Crippen molar-refractivity contribution in [1.29, 1.82) is 0 Å². The monoisotopic (exact) mass is 257 g/mol. The van der Waals surface area contributed by atoms with Crippen molar-refractivity contribution in [2.45, 2.75) is 12.3 Å². The summed E-state index contributed by atoms with van der Waals surface area (Å²) >= 11 is 5.85. The van der Waals surface area contributed by atoms with Gasteiger partial charge in [0.05, 0.1) is 13.2 Å². The minimum atomic E-state index is 0.329. The summed E-state index contributed by atoms with van der Waals surface area (Å²) in [4.78, 5) is 0. The van der Waals surface area contributed by atoms with Crippen molar-refractivity contribution in [2.24, 2.45) is 5.73 Å². The van der Waals surface area contributed by atoms with E-state index in [-0.39, 0.29) is 0 Å². The third kappa shape index (κ3) is 5.50. The molecule has 0 aliphatic rings. The Balaban J connectivity index is 2.35. The van der Waals surface area contributed by atoms with E-state index < -0.39 is 0 Å². The van der Waals surface area contributed by atoms with E-state index in [2.05, 4.69) is 0 Å². The number of methoxy groups -OCH3 is 1. The molecule has 0 amide bonds. The molecule has 96 valence electrons. The number of hydrogen-bond donors (Lipinski definition) is 1. The zero-order chi connectivity index (χ0) is 12.5. The summed E-state index contributed by atoms with van der Waals surface area (Å²) in [6.07, 6.45) is 0.918. The number of nitrogens with two attached hydrogens (primary N) is 1. The maximum Gasteiger partial charge on any atom is 0.0700 e. The normalized spacial score (nSPS) is 12.6. The SMILES string of the molecule is COCCOCCC(CN)c1ccc(Cl)cc1. The topological polar surface area (TPSA) is 44.5 Å². The Bertz CT molecular complexity index is 303. The van der Waals surface area contributed by atoms with Gasteiger partial charge in [-0.25, -0.2) is 0 Å². The van der Waals surface area contributed by atoms with Gasteiger partial charge in [-0.15, -0.1) is 0 Å². The largest absolute Gasteiger partial charge is 0.382 e. The molecule has 1 aromatic rings. The predicted molar refractivity (Wildman–Crippen MR) is 70.6 cm³/mol. The molecule has 0 heterocycles. The molecule has 0 fully saturated rings. The molecule has 0 saturated carbocycles. The first-order valence-electron chi connectivity index (χ1n) is 5.80. The van der Waals surface area contributed by atoms with Crippen molar-refractivity contribution in [2.75, 3.05) is 33.5 Å². The van der Waals surface area contributed by atoms with Gasteiger partial charge in [-0.05, 0) is 36.6 Å². The van der Waals surface area contributed by atoms with Crippen molar-refractivity contribution in [1.82, 2.24) is 0 Å². The number of ether oxygens (including phenoxy) is 2.